The lowest BCUT2D eigenvalue weighted by Gasteiger charge is -2.09. The highest BCUT2D eigenvalue weighted by Crippen LogP contribution is 2.20. The summed E-state index contributed by atoms with van der Waals surface area (Å²) in [6.45, 7) is 4.02. The molecule has 1 heterocycles. The van der Waals surface area contributed by atoms with Crippen molar-refractivity contribution in [3.8, 4) is 0 Å². The van der Waals surface area contributed by atoms with Crippen molar-refractivity contribution in [1.29, 1.82) is 0 Å². The van der Waals surface area contributed by atoms with Crippen LogP contribution in [0, 0.1) is 5.92 Å². The molecule has 0 spiro atoms. The van der Waals surface area contributed by atoms with Crippen LogP contribution >= 0.6 is 15.9 Å². The van der Waals surface area contributed by atoms with Crippen LogP contribution in [-0.4, -0.2) is 10.9 Å². The van der Waals surface area contributed by atoms with Gasteiger partial charge in [-0.05, 0) is 36.2 Å². The fraction of sp³-hybridized carbons (Fsp3) is 0.250. The maximum atomic E-state index is 11.7. The molecule has 4 nitrogen and oxygen atoms in total. The molecule has 1 aromatic carbocycles. The molecule has 0 aliphatic heterocycles. The number of pyridine rings is 1. The van der Waals surface area contributed by atoms with E-state index in [2.05, 4.69) is 31.5 Å². The van der Waals surface area contributed by atoms with Gasteiger partial charge in [0, 0.05) is 16.6 Å². The van der Waals surface area contributed by atoms with Gasteiger partial charge in [-0.15, -0.1) is 0 Å². The van der Waals surface area contributed by atoms with Crippen molar-refractivity contribution in [1.82, 2.24) is 4.98 Å². The summed E-state index contributed by atoms with van der Waals surface area (Å²) in [5.41, 5.74) is 1.85. The van der Waals surface area contributed by atoms with Crippen LogP contribution in [0.4, 0.5) is 17.2 Å². The normalized spacial score (nSPS) is 10.5. The Morgan fingerprint density at radius 3 is 2.67 bits per heavy atom. The van der Waals surface area contributed by atoms with Gasteiger partial charge in [0.2, 0.25) is 5.91 Å². The quantitative estimate of drug-likeness (QED) is 0.832. The molecule has 1 amide bonds. The second kappa shape index (κ2) is 7.22. The van der Waals surface area contributed by atoms with Gasteiger partial charge in [0.05, 0.1) is 11.9 Å². The monoisotopic (exact) mass is 347 g/mol. The minimum atomic E-state index is -0.00907. The summed E-state index contributed by atoms with van der Waals surface area (Å²) in [6.07, 6.45) is 2.20. The lowest BCUT2D eigenvalue weighted by atomic mass is 10.1. The molecular formula is C16H18BrN3O. The van der Waals surface area contributed by atoms with Gasteiger partial charge in [0.25, 0.3) is 0 Å². The first-order valence-corrected chi connectivity index (χ1v) is 7.61. The van der Waals surface area contributed by atoms with Gasteiger partial charge in [-0.2, -0.15) is 0 Å². The van der Waals surface area contributed by atoms with Crippen molar-refractivity contribution in [3.05, 3.63) is 47.1 Å². The number of benzene rings is 1. The lowest BCUT2D eigenvalue weighted by Crippen LogP contribution is -2.14. The molecule has 0 bridgehead atoms. The van der Waals surface area contributed by atoms with Crippen molar-refractivity contribution in [2.75, 3.05) is 10.6 Å². The van der Waals surface area contributed by atoms with E-state index in [0.717, 1.165) is 15.8 Å². The maximum absolute atomic E-state index is 11.7. The molecule has 110 valence electrons. The Bertz CT molecular complexity index is 611. The van der Waals surface area contributed by atoms with Gasteiger partial charge < -0.3 is 10.6 Å². The van der Waals surface area contributed by atoms with E-state index < -0.39 is 0 Å². The summed E-state index contributed by atoms with van der Waals surface area (Å²) in [6, 6.07) is 11.6. The number of carbonyl (C=O) groups is 1. The molecule has 0 saturated heterocycles. The van der Waals surface area contributed by atoms with Crippen LogP contribution in [0.25, 0.3) is 0 Å². The first kappa shape index (κ1) is 15.5. The molecular weight excluding hydrogens is 330 g/mol. The number of nitrogens with zero attached hydrogens (tertiary/aromatic N) is 1. The number of amides is 1. The van der Waals surface area contributed by atoms with Crippen LogP contribution < -0.4 is 10.6 Å². The third-order valence-electron chi connectivity index (χ3n) is 2.74. The standard InChI is InChI=1S/C16H18BrN3O/c1-11(2)8-16(21)20-15-7-6-14(10-18-15)19-13-5-3-4-12(17)9-13/h3-7,9-11,19H,8H2,1-2H3,(H,18,20,21). The lowest BCUT2D eigenvalue weighted by molar-refractivity contribution is -0.116. The summed E-state index contributed by atoms with van der Waals surface area (Å²) in [4.78, 5) is 15.9. The van der Waals surface area contributed by atoms with Crippen LogP contribution in [0.15, 0.2) is 47.1 Å². The van der Waals surface area contributed by atoms with E-state index in [-0.39, 0.29) is 5.91 Å². The Kier molecular flexibility index (Phi) is 5.33. The van der Waals surface area contributed by atoms with E-state index in [4.69, 9.17) is 0 Å². The van der Waals surface area contributed by atoms with Gasteiger partial charge >= 0.3 is 0 Å². The van der Waals surface area contributed by atoms with Crippen molar-refractivity contribution >= 4 is 39.0 Å². The molecule has 0 aliphatic carbocycles. The van der Waals surface area contributed by atoms with Crippen LogP contribution in [-0.2, 0) is 4.79 Å². The predicted molar refractivity (Wildman–Crippen MR) is 89.7 cm³/mol. The number of anilines is 3. The van der Waals surface area contributed by atoms with Crippen LogP contribution in [0.1, 0.15) is 20.3 Å². The molecule has 0 fully saturated rings. The van der Waals surface area contributed by atoms with Gasteiger partial charge in [-0.3, -0.25) is 4.79 Å². The van der Waals surface area contributed by atoms with E-state index in [1.54, 1.807) is 12.3 Å². The van der Waals surface area contributed by atoms with E-state index in [1.807, 2.05) is 44.2 Å². The summed E-state index contributed by atoms with van der Waals surface area (Å²) in [5.74, 6) is 0.896. The van der Waals surface area contributed by atoms with Gasteiger partial charge in [0.15, 0.2) is 0 Å². The molecule has 0 atom stereocenters. The van der Waals surface area contributed by atoms with E-state index in [9.17, 15) is 4.79 Å². The Hall–Kier alpha value is -1.88. The van der Waals surface area contributed by atoms with E-state index >= 15 is 0 Å². The summed E-state index contributed by atoms with van der Waals surface area (Å²) in [5, 5.41) is 6.04. The SMILES string of the molecule is CC(C)CC(=O)Nc1ccc(Nc2cccc(Br)c2)cn1. The maximum Gasteiger partial charge on any atom is 0.225 e. The number of rotatable bonds is 5. The van der Waals surface area contributed by atoms with Crippen LogP contribution in [0.2, 0.25) is 0 Å². The number of nitrogens with one attached hydrogen (secondary N) is 2. The zero-order chi connectivity index (χ0) is 15.2. The van der Waals surface area contributed by atoms with Crippen LogP contribution in [0.3, 0.4) is 0 Å². The van der Waals surface area contributed by atoms with E-state index in [1.165, 1.54) is 0 Å². The minimum absolute atomic E-state index is 0.00907. The Labute approximate surface area is 133 Å². The highest BCUT2D eigenvalue weighted by atomic mass is 79.9. The van der Waals surface area contributed by atoms with Gasteiger partial charge in [0.1, 0.15) is 5.82 Å². The number of hydrogen-bond acceptors (Lipinski definition) is 3. The molecule has 5 heteroatoms. The summed E-state index contributed by atoms with van der Waals surface area (Å²) < 4.78 is 1.01. The predicted octanol–water partition coefficient (Wildman–Crippen LogP) is 4.57. The first-order chi connectivity index (χ1) is 10.0. The minimum Gasteiger partial charge on any atom is -0.354 e. The Morgan fingerprint density at radius 2 is 2.05 bits per heavy atom. The largest absolute Gasteiger partial charge is 0.354 e. The molecule has 2 N–H and O–H groups in total. The molecule has 2 rings (SSSR count). The Morgan fingerprint density at radius 1 is 1.24 bits per heavy atom. The highest BCUT2D eigenvalue weighted by molar-refractivity contribution is 9.10. The fourth-order valence-electron chi connectivity index (χ4n) is 1.84. The zero-order valence-electron chi connectivity index (χ0n) is 12.1. The average molecular weight is 348 g/mol. The number of aromatic nitrogens is 1. The smallest absolute Gasteiger partial charge is 0.225 e. The van der Waals surface area contributed by atoms with Crippen LogP contribution in [0.5, 0.6) is 0 Å². The summed E-state index contributed by atoms with van der Waals surface area (Å²) >= 11 is 3.43. The highest BCUT2D eigenvalue weighted by Gasteiger charge is 2.06. The van der Waals surface area contributed by atoms with Crippen molar-refractivity contribution < 1.29 is 4.79 Å². The first-order valence-electron chi connectivity index (χ1n) is 6.81. The second-order valence-electron chi connectivity index (χ2n) is 5.21. The average Bonchev–Trinajstić information content (AvgIpc) is 2.40. The second-order valence-corrected chi connectivity index (χ2v) is 6.13. The fourth-order valence-corrected chi connectivity index (χ4v) is 2.24. The number of hydrogen-bond donors (Lipinski definition) is 2. The zero-order valence-corrected chi connectivity index (χ0v) is 13.6. The van der Waals surface area contributed by atoms with Gasteiger partial charge in [-0.25, -0.2) is 4.98 Å². The topological polar surface area (TPSA) is 54.0 Å². The molecule has 0 unspecified atom stereocenters. The molecule has 0 saturated carbocycles. The Balaban J connectivity index is 1.97. The molecule has 0 aliphatic rings. The van der Waals surface area contributed by atoms with Crippen molar-refractivity contribution in [2.24, 2.45) is 5.92 Å². The van der Waals surface area contributed by atoms with Gasteiger partial charge in [-0.1, -0.05) is 35.8 Å². The van der Waals surface area contributed by atoms with E-state index in [0.29, 0.717) is 18.2 Å². The van der Waals surface area contributed by atoms with Crippen molar-refractivity contribution in [2.45, 2.75) is 20.3 Å². The molecule has 21 heavy (non-hydrogen) atoms. The number of halogens is 1. The molecule has 0 radical (unpaired) electrons. The number of carbonyl (C=O) groups excluding carboxylic acids is 1. The molecule has 1 aromatic heterocycles. The summed E-state index contributed by atoms with van der Waals surface area (Å²) in [7, 11) is 0. The van der Waals surface area contributed by atoms with Crippen molar-refractivity contribution in [3.63, 3.8) is 0 Å². The third kappa shape index (κ3) is 5.19. The third-order valence-corrected chi connectivity index (χ3v) is 3.23. The molecule has 2 aromatic rings.